The molecule has 0 saturated heterocycles. The van der Waals surface area contributed by atoms with E-state index in [2.05, 4.69) is 5.32 Å². The number of carbonyl (C=O) groups excluding carboxylic acids is 1. The molecule has 0 heterocycles. The number of carboxylic acids is 1. The molecule has 96 valence electrons. The molecule has 5 nitrogen and oxygen atoms in total. The van der Waals surface area contributed by atoms with E-state index in [4.69, 9.17) is 9.84 Å². The summed E-state index contributed by atoms with van der Waals surface area (Å²) in [4.78, 5) is 22.3. The Labute approximate surface area is 103 Å². The van der Waals surface area contributed by atoms with E-state index in [9.17, 15) is 14.0 Å². The minimum atomic E-state index is -0.966. The van der Waals surface area contributed by atoms with Crippen molar-refractivity contribution in [2.75, 3.05) is 12.4 Å². The molecule has 6 heteroatoms. The Morgan fingerprint density at radius 1 is 1.44 bits per heavy atom. The summed E-state index contributed by atoms with van der Waals surface area (Å²) in [7, 11) is 1.32. The molecule has 0 aliphatic heterocycles. The number of hydrogen-bond acceptors (Lipinski definition) is 3. The van der Waals surface area contributed by atoms with E-state index in [0.29, 0.717) is 12.1 Å². The van der Waals surface area contributed by atoms with Crippen LogP contribution in [0.2, 0.25) is 0 Å². The van der Waals surface area contributed by atoms with Crippen molar-refractivity contribution in [3.8, 4) is 5.75 Å². The highest BCUT2D eigenvalue weighted by Gasteiger charge is 2.48. The van der Waals surface area contributed by atoms with Gasteiger partial charge < -0.3 is 15.2 Å². The Hall–Kier alpha value is -2.11. The number of nitrogens with one attached hydrogen (secondary N) is 1. The van der Waals surface area contributed by atoms with Crippen LogP contribution in [0.5, 0.6) is 5.75 Å². The molecule has 0 unspecified atom stereocenters. The number of carbonyl (C=O) groups is 2. The zero-order valence-corrected chi connectivity index (χ0v) is 9.64. The van der Waals surface area contributed by atoms with Gasteiger partial charge in [0.25, 0.3) is 0 Å². The molecule has 0 radical (unpaired) electrons. The van der Waals surface area contributed by atoms with Gasteiger partial charge in [0.1, 0.15) is 0 Å². The summed E-state index contributed by atoms with van der Waals surface area (Å²) < 4.78 is 17.9. The van der Waals surface area contributed by atoms with Gasteiger partial charge in [0.2, 0.25) is 5.91 Å². The monoisotopic (exact) mass is 253 g/mol. The molecule has 1 amide bonds. The van der Waals surface area contributed by atoms with Crippen LogP contribution < -0.4 is 10.1 Å². The third-order valence-corrected chi connectivity index (χ3v) is 2.86. The molecule has 0 bridgehead atoms. The molecule has 1 aromatic rings. The van der Waals surface area contributed by atoms with Gasteiger partial charge in [-0.15, -0.1) is 0 Å². The summed E-state index contributed by atoms with van der Waals surface area (Å²) in [6.45, 7) is 0. The van der Waals surface area contributed by atoms with Crippen LogP contribution in [0.25, 0.3) is 0 Å². The maximum Gasteiger partial charge on any atom is 0.307 e. The molecular formula is C12H12FNO4. The molecular weight excluding hydrogens is 241 g/mol. The minimum absolute atomic E-state index is 0.0263. The zero-order valence-electron chi connectivity index (χ0n) is 9.64. The van der Waals surface area contributed by atoms with Crippen LogP contribution in [-0.4, -0.2) is 24.1 Å². The van der Waals surface area contributed by atoms with Crippen LogP contribution in [0.3, 0.4) is 0 Å². The lowest BCUT2D eigenvalue weighted by Crippen LogP contribution is -2.16. The van der Waals surface area contributed by atoms with Gasteiger partial charge in [0.05, 0.1) is 18.9 Å². The standard InChI is InChI=1S/C12H12FNO4/c1-18-10-4-6(2-3-9(10)13)14-11(15)7-5-8(7)12(16)17/h2-4,7-8H,5H2,1H3,(H,14,15)(H,16,17)/t7-,8+/m1/s1. The van der Waals surface area contributed by atoms with Crippen molar-refractivity contribution < 1.29 is 23.8 Å². The summed E-state index contributed by atoms with van der Waals surface area (Å²) in [5.74, 6) is -2.93. The Morgan fingerprint density at radius 3 is 2.72 bits per heavy atom. The first-order valence-electron chi connectivity index (χ1n) is 5.40. The van der Waals surface area contributed by atoms with Crippen LogP contribution in [0.15, 0.2) is 18.2 Å². The largest absolute Gasteiger partial charge is 0.494 e. The van der Waals surface area contributed by atoms with E-state index in [1.165, 1.54) is 25.3 Å². The molecule has 2 rings (SSSR count). The Balaban J connectivity index is 2.02. The van der Waals surface area contributed by atoms with Crippen LogP contribution >= 0.6 is 0 Å². The number of halogens is 1. The SMILES string of the molecule is COc1cc(NC(=O)[C@@H]2C[C@@H]2C(=O)O)ccc1F. The maximum atomic E-state index is 13.1. The second-order valence-electron chi connectivity index (χ2n) is 4.13. The Kier molecular flexibility index (Phi) is 3.18. The lowest BCUT2D eigenvalue weighted by atomic mass is 10.2. The third-order valence-electron chi connectivity index (χ3n) is 2.86. The predicted octanol–water partition coefficient (Wildman–Crippen LogP) is 1.49. The van der Waals surface area contributed by atoms with Crippen molar-refractivity contribution in [2.45, 2.75) is 6.42 Å². The van der Waals surface area contributed by atoms with Crippen molar-refractivity contribution in [1.29, 1.82) is 0 Å². The molecule has 2 N–H and O–H groups in total. The number of hydrogen-bond donors (Lipinski definition) is 2. The number of aliphatic carboxylic acids is 1. The van der Waals surface area contributed by atoms with Gasteiger partial charge in [-0.25, -0.2) is 4.39 Å². The van der Waals surface area contributed by atoms with Crippen LogP contribution in [-0.2, 0) is 9.59 Å². The summed E-state index contributed by atoms with van der Waals surface area (Å²) in [5.41, 5.74) is 0.384. The van der Waals surface area contributed by atoms with E-state index in [-0.39, 0.29) is 11.7 Å². The summed E-state index contributed by atoms with van der Waals surface area (Å²) in [6, 6.07) is 3.93. The van der Waals surface area contributed by atoms with Gasteiger partial charge in [-0.05, 0) is 18.6 Å². The quantitative estimate of drug-likeness (QED) is 0.852. The zero-order chi connectivity index (χ0) is 13.3. The lowest BCUT2D eigenvalue weighted by molar-refractivity contribution is -0.139. The first-order chi connectivity index (χ1) is 8.52. The number of anilines is 1. The average molecular weight is 253 g/mol. The molecule has 1 fully saturated rings. The fourth-order valence-electron chi connectivity index (χ4n) is 1.73. The predicted molar refractivity (Wildman–Crippen MR) is 60.8 cm³/mol. The second-order valence-corrected chi connectivity index (χ2v) is 4.13. The highest BCUT2D eigenvalue weighted by atomic mass is 19.1. The van der Waals surface area contributed by atoms with Gasteiger partial charge in [0, 0.05) is 11.8 Å². The normalized spacial score (nSPS) is 21.2. The number of benzene rings is 1. The smallest absolute Gasteiger partial charge is 0.307 e. The molecule has 1 aliphatic carbocycles. The molecule has 2 atom stereocenters. The van der Waals surface area contributed by atoms with Gasteiger partial charge in [-0.1, -0.05) is 0 Å². The van der Waals surface area contributed by atoms with Gasteiger partial charge in [0.15, 0.2) is 11.6 Å². The maximum absolute atomic E-state index is 13.1. The number of ether oxygens (including phenoxy) is 1. The van der Waals surface area contributed by atoms with Crippen molar-refractivity contribution in [2.24, 2.45) is 11.8 Å². The van der Waals surface area contributed by atoms with Crippen molar-refractivity contribution in [3.05, 3.63) is 24.0 Å². The van der Waals surface area contributed by atoms with Crippen molar-refractivity contribution >= 4 is 17.6 Å². The second kappa shape index (κ2) is 4.64. The van der Waals surface area contributed by atoms with Gasteiger partial charge >= 0.3 is 5.97 Å². The number of rotatable bonds is 4. The highest BCUT2D eigenvalue weighted by molar-refractivity contribution is 5.98. The Morgan fingerprint density at radius 2 is 2.17 bits per heavy atom. The fourth-order valence-corrected chi connectivity index (χ4v) is 1.73. The van der Waals surface area contributed by atoms with Gasteiger partial charge in [-0.2, -0.15) is 0 Å². The van der Waals surface area contributed by atoms with E-state index in [1.54, 1.807) is 0 Å². The Bertz CT molecular complexity index is 503. The molecule has 0 aromatic heterocycles. The van der Waals surface area contributed by atoms with E-state index in [1.807, 2.05) is 0 Å². The fraction of sp³-hybridized carbons (Fsp3) is 0.333. The summed E-state index contributed by atoms with van der Waals surface area (Å²) >= 11 is 0. The number of carboxylic acid groups (broad SMARTS) is 1. The number of methoxy groups -OCH3 is 1. The molecule has 1 saturated carbocycles. The topological polar surface area (TPSA) is 75.6 Å². The summed E-state index contributed by atoms with van der Waals surface area (Å²) in [6.07, 6.45) is 0.347. The van der Waals surface area contributed by atoms with Crippen LogP contribution in [0.1, 0.15) is 6.42 Å². The lowest BCUT2D eigenvalue weighted by Gasteiger charge is -2.07. The van der Waals surface area contributed by atoms with E-state index >= 15 is 0 Å². The van der Waals surface area contributed by atoms with Crippen molar-refractivity contribution in [1.82, 2.24) is 0 Å². The van der Waals surface area contributed by atoms with Crippen LogP contribution in [0, 0.1) is 17.7 Å². The highest BCUT2D eigenvalue weighted by Crippen LogP contribution is 2.39. The molecule has 1 aromatic carbocycles. The van der Waals surface area contributed by atoms with Crippen molar-refractivity contribution in [3.63, 3.8) is 0 Å². The number of amides is 1. The average Bonchev–Trinajstić information content (AvgIpc) is 3.11. The molecule has 0 spiro atoms. The summed E-state index contributed by atoms with van der Waals surface area (Å²) in [5, 5.41) is 11.2. The third kappa shape index (κ3) is 2.42. The van der Waals surface area contributed by atoms with E-state index < -0.39 is 23.6 Å². The first kappa shape index (κ1) is 12.3. The molecule has 1 aliphatic rings. The minimum Gasteiger partial charge on any atom is -0.494 e. The first-order valence-corrected chi connectivity index (χ1v) is 5.40. The van der Waals surface area contributed by atoms with E-state index in [0.717, 1.165) is 0 Å². The van der Waals surface area contributed by atoms with Gasteiger partial charge in [-0.3, -0.25) is 9.59 Å². The molecule has 18 heavy (non-hydrogen) atoms. The van der Waals surface area contributed by atoms with Crippen LogP contribution in [0.4, 0.5) is 10.1 Å².